The minimum absolute atomic E-state index is 0.154. The highest BCUT2D eigenvalue weighted by Crippen LogP contribution is 2.21. The first-order valence-corrected chi connectivity index (χ1v) is 8.73. The van der Waals surface area contributed by atoms with E-state index in [0.29, 0.717) is 0 Å². The molecular formula is C18H31N3O4. The van der Waals surface area contributed by atoms with Gasteiger partial charge >= 0.3 is 5.97 Å². The minimum atomic E-state index is -1.01. The van der Waals surface area contributed by atoms with Gasteiger partial charge in [-0.3, -0.25) is 9.59 Å². The molecule has 1 fully saturated rings. The molecule has 2 atom stereocenters. The zero-order valence-electron chi connectivity index (χ0n) is 15.9. The Hall–Kier alpha value is -1.89. The number of hydrogen-bond acceptors (Lipinski definition) is 4. The summed E-state index contributed by atoms with van der Waals surface area (Å²) in [4.78, 5) is 37.6. The van der Waals surface area contributed by atoms with Crippen molar-refractivity contribution in [2.45, 2.75) is 59.0 Å². The van der Waals surface area contributed by atoms with Gasteiger partial charge in [-0.05, 0) is 31.7 Å². The van der Waals surface area contributed by atoms with Gasteiger partial charge in [0.25, 0.3) is 0 Å². The largest absolute Gasteiger partial charge is 0.478 e. The molecule has 0 aliphatic carbocycles. The van der Waals surface area contributed by atoms with Crippen molar-refractivity contribution >= 4 is 17.8 Å². The number of carbonyl (C=O) groups excluding carboxylic acids is 2. The Morgan fingerprint density at radius 3 is 2.44 bits per heavy atom. The Balaban J connectivity index is 2.80. The number of carbonyl (C=O) groups is 3. The highest BCUT2D eigenvalue weighted by Gasteiger charge is 2.36. The van der Waals surface area contributed by atoms with Crippen molar-refractivity contribution in [2.75, 3.05) is 20.1 Å². The third kappa shape index (κ3) is 6.49. The zero-order valence-corrected chi connectivity index (χ0v) is 15.9. The first-order valence-electron chi connectivity index (χ1n) is 8.73. The van der Waals surface area contributed by atoms with Gasteiger partial charge in [-0.2, -0.15) is 0 Å². The van der Waals surface area contributed by atoms with E-state index in [4.69, 9.17) is 5.11 Å². The fourth-order valence-corrected chi connectivity index (χ4v) is 2.64. The van der Waals surface area contributed by atoms with Crippen LogP contribution < -0.4 is 10.6 Å². The van der Waals surface area contributed by atoms with Crippen molar-refractivity contribution in [3.63, 3.8) is 0 Å². The number of carboxylic acid groups (broad SMARTS) is 1. The zero-order chi connectivity index (χ0) is 19.2. The number of rotatable bonds is 6. The Kier molecular flexibility index (Phi) is 7.60. The molecule has 1 unspecified atom stereocenters. The third-order valence-corrected chi connectivity index (χ3v) is 4.41. The summed E-state index contributed by atoms with van der Waals surface area (Å²) in [5.41, 5.74) is -0.274. The summed E-state index contributed by atoms with van der Waals surface area (Å²) >= 11 is 0. The molecular weight excluding hydrogens is 322 g/mol. The molecule has 1 heterocycles. The van der Waals surface area contributed by atoms with Gasteiger partial charge in [-0.1, -0.05) is 33.3 Å². The molecule has 7 nitrogen and oxygen atoms in total. The maximum Gasteiger partial charge on any atom is 0.331 e. The van der Waals surface area contributed by atoms with Gasteiger partial charge in [0.2, 0.25) is 11.8 Å². The standard InChI is InChI=1S/C18H31N3O4/c1-12(17(24)25)9-11-21(5)16(23)14(18(2,3)4)20-15(22)13-8-6-7-10-19-13/h9,13-14,19H,6-8,10-11H2,1-5H3,(H,20,22)(H,24,25)/b12-9+/t13-,14?/m1/s1. The molecule has 0 aromatic rings. The first kappa shape index (κ1) is 21.2. The molecule has 142 valence electrons. The predicted octanol–water partition coefficient (Wildman–Crippen LogP) is 1.15. The molecule has 0 aromatic carbocycles. The Bertz CT molecular complexity index is 531. The fourth-order valence-electron chi connectivity index (χ4n) is 2.64. The van der Waals surface area contributed by atoms with Gasteiger partial charge in [0.05, 0.1) is 6.04 Å². The van der Waals surface area contributed by atoms with E-state index in [1.807, 2.05) is 20.8 Å². The lowest BCUT2D eigenvalue weighted by Crippen LogP contribution is -2.58. The molecule has 7 heteroatoms. The summed E-state index contributed by atoms with van der Waals surface area (Å²) in [6.07, 6.45) is 4.32. The van der Waals surface area contributed by atoms with Gasteiger partial charge < -0.3 is 20.6 Å². The van der Waals surface area contributed by atoms with Crippen LogP contribution in [-0.2, 0) is 14.4 Å². The number of amides is 2. The van der Waals surface area contributed by atoms with Crippen LogP contribution in [0.25, 0.3) is 0 Å². The average Bonchev–Trinajstić information content (AvgIpc) is 2.55. The summed E-state index contributed by atoms with van der Waals surface area (Å²) in [5.74, 6) is -1.39. The quantitative estimate of drug-likeness (QED) is 0.622. The topological polar surface area (TPSA) is 98.7 Å². The monoisotopic (exact) mass is 353 g/mol. The second-order valence-corrected chi connectivity index (χ2v) is 7.72. The van der Waals surface area contributed by atoms with Crippen LogP contribution >= 0.6 is 0 Å². The average molecular weight is 353 g/mol. The maximum absolute atomic E-state index is 12.8. The molecule has 25 heavy (non-hydrogen) atoms. The van der Waals surface area contributed by atoms with E-state index < -0.39 is 17.4 Å². The molecule has 0 aromatic heterocycles. The number of aliphatic carboxylic acids is 1. The molecule has 1 aliphatic rings. The molecule has 0 saturated carbocycles. The van der Waals surface area contributed by atoms with Crippen molar-refractivity contribution in [2.24, 2.45) is 5.41 Å². The molecule has 1 aliphatic heterocycles. The van der Waals surface area contributed by atoms with Crippen LogP contribution in [0.2, 0.25) is 0 Å². The van der Waals surface area contributed by atoms with E-state index in [9.17, 15) is 14.4 Å². The number of carboxylic acids is 1. The van der Waals surface area contributed by atoms with E-state index in [1.54, 1.807) is 7.05 Å². The van der Waals surface area contributed by atoms with Crippen molar-refractivity contribution in [1.29, 1.82) is 0 Å². The molecule has 0 radical (unpaired) electrons. The Labute approximate surface area is 149 Å². The van der Waals surface area contributed by atoms with Crippen molar-refractivity contribution in [1.82, 2.24) is 15.5 Å². The lowest BCUT2D eigenvalue weighted by Gasteiger charge is -2.35. The highest BCUT2D eigenvalue weighted by atomic mass is 16.4. The number of nitrogens with zero attached hydrogens (tertiary/aromatic N) is 1. The SMILES string of the molecule is C/C(=C\CN(C)C(=O)C(NC(=O)[C@H]1CCCCN1)C(C)(C)C)C(=O)O. The normalized spacial score (nSPS) is 19.9. The lowest BCUT2D eigenvalue weighted by molar-refractivity contribution is -0.138. The third-order valence-electron chi connectivity index (χ3n) is 4.41. The van der Waals surface area contributed by atoms with Gasteiger partial charge in [-0.25, -0.2) is 4.79 Å². The fraction of sp³-hybridized carbons (Fsp3) is 0.722. The number of nitrogens with one attached hydrogen (secondary N) is 2. The van der Waals surface area contributed by atoms with Gasteiger partial charge in [0.1, 0.15) is 6.04 Å². The molecule has 0 spiro atoms. The second-order valence-electron chi connectivity index (χ2n) is 7.72. The minimum Gasteiger partial charge on any atom is -0.478 e. The van der Waals surface area contributed by atoms with Crippen molar-refractivity contribution in [3.8, 4) is 0 Å². The summed E-state index contributed by atoms with van der Waals surface area (Å²) in [6, 6.07) is -0.932. The molecule has 0 bridgehead atoms. The van der Waals surface area contributed by atoms with E-state index in [-0.39, 0.29) is 30.0 Å². The van der Waals surface area contributed by atoms with Crippen LogP contribution in [0.5, 0.6) is 0 Å². The Morgan fingerprint density at radius 1 is 1.32 bits per heavy atom. The van der Waals surface area contributed by atoms with Crippen LogP contribution in [0, 0.1) is 5.41 Å². The van der Waals surface area contributed by atoms with Gasteiger partial charge in [-0.15, -0.1) is 0 Å². The number of piperidine rings is 1. The van der Waals surface area contributed by atoms with E-state index in [2.05, 4.69) is 10.6 Å². The molecule has 1 rings (SSSR count). The lowest BCUT2D eigenvalue weighted by atomic mass is 9.85. The molecule has 2 amide bonds. The van der Waals surface area contributed by atoms with Crippen LogP contribution in [0.15, 0.2) is 11.6 Å². The summed E-state index contributed by atoms with van der Waals surface area (Å²) in [6.45, 7) is 8.17. The smallest absolute Gasteiger partial charge is 0.331 e. The first-order chi connectivity index (χ1) is 11.5. The number of likely N-dealkylation sites (N-methyl/N-ethyl adjacent to an activating group) is 1. The van der Waals surface area contributed by atoms with Gasteiger partial charge in [0.15, 0.2) is 0 Å². The second kappa shape index (κ2) is 8.99. The molecule has 3 N–H and O–H groups in total. The van der Waals surface area contributed by atoms with Crippen molar-refractivity contribution < 1.29 is 19.5 Å². The summed E-state index contributed by atoms with van der Waals surface area (Å²) < 4.78 is 0. The van der Waals surface area contributed by atoms with Crippen LogP contribution in [-0.4, -0.2) is 60.0 Å². The van der Waals surface area contributed by atoms with E-state index in [0.717, 1.165) is 25.8 Å². The molecule has 1 saturated heterocycles. The summed E-state index contributed by atoms with van der Waals surface area (Å²) in [5, 5.41) is 15.0. The predicted molar refractivity (Wildman–Crippen MR) is 96.1 cm³/mol. The van der Waals surface area contributed by atoms with Crippen LogP contribution in [0.4, 0.5) is 0 Å². The Morgan fingerprint density at radius 2 is 1.96 bits per heavy atom. The highest BCUT2D eigenvalue weighted by molar-refractivity contribution is 5.90. The maximum atomic E-state index is 12.8. The van der Waals surface area contributed by atoms with Crippen molar-refractivity contribution in [3.05, 3.63) is 11.6 Å². The van der Waals surface area contributed by atoms with Crippen LogP contribution in [0.1, 0.15) is 47.0 Å². The number of hydrogen-bond donors (Lipinski definition) is 3. The van der Waals surface area contributed by atoms with E-state index >= 15 is 0 Å². The van der Waals surface area contributed by atoms with Gasteiger partial charge in [0, 0.05) is 19.2 Å². The van der Waals surface area contributed by atoms with E-state index in [1.165, 1.54) is 17.9 Å². The van der Waals surface area contributed by atoms with Crippen LogP contribution in [0.3, 0.4) is 0 Å². The summed E-state index contributed by atoms with van der Waals surface area (Å²) in [7, 11) is 1.61.